The second kappa shape index (κ2) is 8.41. The first-order valence-electron chi connectivity index (χ1n) is 8.57. The van der Waals surface area contributed by atoms with Crippen molar-refractivity contribution < 1.29 is 14.3 Å². The highest BCUT2D eigenvalue weighted by Gasteiger charge is 2.25. The summed E-state index contributed by atoms with van der Waals surface area (Å²) in [6.07, 6.45) is 10.0. The molecule has 7 nitrogen and oxygen atoms in total. The van der Waals surface area contributed by atoms with Gasteiger partial charge in [0.2, 0.25) is 11.8 Å². The Morgan fingerprint density at radius 2 is 2.04 bits per heavy atom. The predicted octanol–water partition coefficient (Wildman–Crippen LogP) is 2.39. The van der Waals surface area contributed by atoms with Crippen molar-refractivity contribution in [2.75, 3.05) is 6.61 Å². The number of ether oxygens (including phenoxy) is 2. The Labute approximate surface area is 146 Å². The van der Waals surface area contributed by atoms with Gasteiger partial charge in [0.05, 0.1) is 12.8 Å². The molecule has 0 radical (unpaired) electrons. The van der Waals surface area contributed by atoms with Gasteiger partial charge in [0.25, 0.3) is 5.91 Å². The van der Waals surface area contributed by atoms with Crippen molar-refractivity contribution in [3.63, 3.8) is 0 Å². The lowest BCUT2D eigenvalue weighted by Crippen LogP contribution is -2.40. The first-order chi connectivity index (χ1) is 12.3. The normalized spacial score (nSPS) is 19.9. The minimum Gasteiger partial charge on any atom is -0.477 e. The first kappa shape index (κ1) is 17.1. The maximum atomic E-state index is 12.5. The summed E-state index contributed by atoms with van der Waals surface area (Å²) in [5.41, 5.74) is 0.474. The summed E-state index contributed by atoms with van der Waals surface area (Å²) in [6.45, 7) is 2.34. The van der Waals surface area contributed by atoms with Crippen molar-refractivity contribution in [1.29, 1.82) is 0 Å². The van der Waals surface area contributed by atoms with Gasteiger partial charge in [0.1, 0.15) is 11.7 Å². The van der Waals surface area contributed by atoms with E-state index in [2.05, 4.69) is 20.3 Å². The summed E-state index contributed by atoms with van der Waals surface area (Å²) in [5, 5.41) is 3.08. The van der Waals surface area contributed by atoms with Crippen LogP contribution in [0.15, 0.2) is 36.9 Å². The van der Waals surface area contributed by atoms with Gasteiger partial charge in [-0.25, -0.2) is 9.97 Å². The fourth-order valence-electron chi connectivity index (χ4n) is 2.92. The van der Waals surface area contributed by atoms with Crippen molar-refractivity contribution in [2.24, 2.45) is 0 Å². The number of pyridine rings is 1. The number of carbonyl (C=O) groups excluding carboxylic acids is 1. The molecule has 25 heavy (non-hydrogen) atoms. The molecule has 0 aliphatic heterocycles. The van der Waals surface area contributed by atoms with E-state index in [0.717, 1.165) is 25.7 Å². The molecule has 0 spiro atoms. The van der Waals surface area contributed by atoms with Gasteiger partial charge in [-0.05, 0) is 44.7 Å². The number of hydrogen-bond donors (Lipinski definition) is 1. The molecule has 1 aliphatic carbocycles. The summed E-state index contributed by atoms with van der Waals surface area (Å²) < 4.78 is 11.3. The summed E-state index contributed by atoms with van der Waals surface area (Å²) in [4.78, 5) is 24.8. The van der Waals surface area contributed by atoms with Gasteiger partial charge >= 0.3 is 0 Å². The van der Waals surface area contributed by atoms with Crippen LogP contribution < -0.4 is 14.8 Å². The van der Waals surface area contributed by atoms with Crippen LogP contribution >= 0.6 is 0 Å². The molecule has 0 aromatic carbocycles. The highest BCUT2D eigenvalue weighted by atomic mass is 16.5. The molecule has 1 saturated carbocycles. The van der Waals surface area contributed by atoms with Crippen LogP contribution in [0.3, 0.4) is 0 Å². The van der Waals surface area contributed by atoms with Gasteiger partial charge in [-0.3, -0.25) is 9.78 Å². The second-order valence-electron chi connectivity index (χ2n) is 5.90. The zero-order chi connectivity index (χ0) is 17.5. The van der Waals surface area contributed by atoms with Gasteiger partial charge in [-0.1, -0.05) is 0 Å². The Morgan fingerprint density at radius 3 is 2.76 bits per heavy atom. The van der Waals surface area contributed by atoms with E-state index in [0.29, 0.717) is 23.9 Å². The largest absolute Gasteiger partial charge is 0.477 e. The topological polar surface area (TPSA) is 86.2 Å². The Morgan fingerprint density at radius 1 is 1.20 bits per heavy atom. The van der Waals surface area contributed by atoms with E-state index in [1.165, 1.54) is 0 Å². The lowest BCUT2D eigenvalue weighted by Gasteiger charge is -2.29. The lowest BCUT2D eigenvalue weighted by molar-refractivity contribution is 0.0885. The van der Waals surface area contributed by atoms with Crippen LogP contribution in [-0.2, 0) is 0 Å². The van der Waals surface area contributed by atoms with Crippen LogP contribution in [0.2, 0.25) is 0 Å². The molecule has 0 unspecified atom stereocenters. The summed E-state index contributed by atoms with van der Waals surface area (Å²) in [7, 11) is 0. The molecule has 2 aromatic rings. The molecule has 132 valence electrons. The van der Waals surface area contributed by atoms with E-state index >= 15 is 0 Å². The highest BCUT2D eigenvalue weighted by Crippen LogP contribution is 2.23. The Bertz CT molecular complexity index is 688. The van der Waals surface area contributed by atoms with Crippen LogP contribution in [0.4, 0.5) is 0 Å². The molecule has 0 bridgehead atoms. The predicted molar refractivity (Wildman–Crippen MR) is 91.6 cm³/mol. The number of hydrogen-bond acceptors (Lipinski definition) is 6. The SMILES string of the molecule is CCOc1ncccc1C(=O)NC1CCC(Oc2cnccn2)CC1. The molecule has 7 heteroatoms. The number of carbonyl (C=O) groups is 1. The molecule has 0 saturated heterocycles. The molecule has 0 atom stereocenters. The molecule has 1 aliphatic rings. The average Bonchev–Trinajstić information content (AvgIpc) is 2.65. The van der Waals surface area contributed by atoms with Crippen LogP contribution in [0.25, 0.3) is 0 Å². The standard InChI is InChI=1S/C18H22N4O3/c1-2-24-18-15(4-3-9-21-18)17(23)22-13-5-7-14(8-6-13)25-16-12-19-10-11-20-16/h3-4,9-14H,2,5-8H2,1H3,(H,22,23). The van der Waals surface area contributed by atoms with E-state index < -0.39 is 0 Å². The zero-order valence-corrected chi connectivity index (χ0v) is 14.2. The second-order valence-corrected chi connectivity index (χ2v) is 5.90. The van der Waals surface area contributed by atoms with E-state index in [4.69, 9.17) is 9.47 Å². The highest BCUT2D eigenvalue weighted by molar-refractivity contribution is 5.96. The number of rotatable bonds is 6. The average molecular weight is 342 g/mol. The maximum absolute atomic E-state index is 12.5. The van der Waals surface area contributed by atoms with Gasteiger partial charge < -0.3 is 14.8 Å². The van der Waals surface area contributed by atoms with E-state index in [1.54, 1.807) is 36.9 Å². The molecule has 1 amide bonds. The summed E-state index contributed by atoms with van der Waals surface area (Å²) in [5.74, 6) is 0.781. The summed E-state index contributed by atoms with van der Waals surface area (Å²) >= 11 is 0. The Kier molecular flexibility index (Phi) is 5.77. The number of amides is 1. The Balaban J connectivity index is 1.51. The van der Waals surface area contributed by atoms with Crippen LogP contribution in [0.5, 0.6) is 11.8 Å². The third-order valence-electron chi connectivity index (χ3n) is 4.13. The fourth-order valence-corrected chi connectivity index (χ4v) is 2.92. The van der Waals surface area contributed by atoms with Crippen molar-refractivity contribution in [2.45, 2.75) is 44.8 Å². The van der Waals surface area contributed by atoms with Crippen LogP contribution in [0, 0.1) is 0 Å². The van der Waals surface area contributed by atoms with E-state index in [1.807, 2.05) is 6.92 Å². The Hall–Kier alpha value is -2.70. The maximum Gasteiger partial charge on any atom is 0.256 e. The van der Waals surface area contributed by atoms with Crippen LogP contribution in [0.1, 0.15) is 43.0 Å². The molecular weight excluding hydrogens is 320 g/mol. The molecule has 3 rings (SSSR count). The zero-order valence-electron chi connectivity index (χ0n) is 14.2. The third kappa shape index (κ3) is 4.65. The molecule has 2 heterocycles. The van der Waals surface area contributed by atoms with Gasteiger partial charge in [0, 0.05) is 24.6 Å². The van der Waals surface area contributed by atoms with Gasteiger partial charge in [-0.15, -0.1) is 0 Å². The van der Waals surface area contributed by atoms with Crippen LogP contribution in [-0.4, -0.2) is 39.6 Å². The van der Waals surface area contributed by atoms with Crippen molar-refractivity contribution in [3.05, 3.63) is 42.5 Å². The molecule has 1 fully saturated rings. The minimum absolute atomic E-state index is 0.113. The smallest absolute Gasteiger partial charge is 0.256 e. The van der Waals surface area contributed by atoms with Crippen molar-refractivity contribution in [1.82, 2.24) is 20.3 Å². The number of nitrogens with one attached hydrogen (secondary N) is 1. The van der Waals surface area contributed by atoms with Gasteiger partial charge in [-0.2, -0.15) is 0 Å². The number of nitrogens with zero attached hydrogens (tertiary/aromatic N) is 3. The number of aromatic nitrogens is 3. The van der Waals surface area contributed by atoms with Crippen molar-refractivity contribution in [3.8, 4) is 11.8 Å². The fraction of sp³-hybridized carbons (Fsp3) is 0.444. The third-order valence-corrected chi connectivity index (χ3v) is 4.13. The van der Waals surface area contributed by atoms with Crippen molar-refractivity contribution >= 4 is 5.91 Å². The monoisotopic (exact) mass is 342 g/mol. The minimum atomic E-state index is -0.144. The molecule has 2 aromatic heterocycles. The van der Waals surface area contributed by atoms with Gasteiger partial charge in [0.15, 0.2) is 0 Å². The molecule has 1 N–H and O–H groups in total. The van der Waals surface area contributed by atoms with E-state index in [-0.39, 0.29) is 18.1 Å². The van der Waals surface area contributed by atoms with E-state index in [9.17, 15) is 4.79 Å². The first-order valence-corrected chi connectivity index (χ1v) is 8.57. The lowest BCUT2D eigenvalue weighted by atomic mass is 9.92. The molecular formula is C18H22N4O3. The summed E-state index contributed by atoms with van der Waals surface area (Å²) in [6, 6.07) is 3.60. The quantitative estimate of drug-likeness (QED) is 0.867.